The molecule has 2 nitrogen and oxygen atoms in total. The molecule has 0 saturated heterocycles. The molecule has 0 spiro atoms. The molecule has 18 heavy (non-hydrogen) atoms. The van der Waals surface area contributed by atoms with Crippen molar-refractivity contribution < 1.29 is 9.13 Å². The minimum Gasteiger partial charge on any atom is -0.380 e. The molecule has 0 amide bonds. The number of ether oxygens (including phenoxy) is 1. The van der Waals surface area contributed by atoms with E-state index in [0.29, 0.717) is 0 Å². The molecular formula is C14H19BrFNO. The molecule has 0 bridgehead atoms. The van der Waals surface area contributed by atoms with E-state index in [1.807, 2.05) is 6.07 Å². The highest BCUT2D eigenvalue weighted by Crippen LogP contribution is 2.28. The Kier molecular flexibility index (Phi) is 5.15. The van der Waals surface area contributed by atoms with Gasteiger partial charge >= 0.3 is 0 Å². The van der Waals surface area contributed by atoms with E-state index in [4.69, 9.17) is 4.74 Å². The smallest absolute Gasteiger partial charge is 0.124 e. The Morgan fingerprint density at radius 2 is 2.28 bits per heavy atom. The third-order valence-electron chi connectivity index (χ3n) is 3.18. The predicted molar refractivity (Wildman–Crippen MR) is 74.1 cm³/mol. The van der Waals surface area contributed by atoms with Gasteiger partial charge in [-0.2, -0.15) is 0 Å². The van der Waals surface area contributed by atoms with Crippen LogP contribution < -0.4 is 5.32 Å². The van der Waals surface area contributed by atoms with Gasteiger partial charge < -0.3 is 10.1 Å². The summed E-state index contributed by atoms with van der Waals surface area (Å²) < 4.78 is 19.3. The van der Waals surface area contributed by atoms with Crippen LogP contribution in [0.3, 0.4) is 0 Å². The number of hydrogen-bond donors (Lipinski definition) is 1. The number of rotatable bonds is 7. The van der Waals surface area contributed by atoms with Gasteiger partial charge in [0.2, 0.25) is 0 Å². The Morgan fingerprint density at radius 3 is 2.94 bits per heavy atom. The maximum atomic E-state index is 13.0. The Labute approximate surface area is 116 Å². The first-order chi connectivity index (χ1) is 8.66. The molecule has 1 aliphatic rings. The van der Waals surface area contributed by atoms with Crippen molar-refractivity contribution in [1.29, 1.82) is 0 Å². The highest BCUT2D eigenvalue weighted by atomic mass is 79.9. The molecule has 1 saturated carbocycles. The van der Waals surface area contributed by atoms with Crippen molar-refractivity contribution in [3.8, 4) is 0 Å². The first kappa shape index (κ1) is 14.0. The van der Waals surface area contributed by atoms with Crippen LogP contribution in [0.15, 0.2) is 22.7 Å². The lowest BCUT2D eigenvalue weighted by atomic mass is 10.1. The molecule has 0 heterocycles. The molecule has 100 valence electrons. The molecule has 1 atom stereocenters. The lowest BCUT2D eigenvalue weighted by molar-refractivity contribution is 0.124. The third kappa shape index (κ3) is 4.34. The Hall–Kier alpha value is -0.450. The summed E-state index contributed by atoms with van der Waals surface area (Å²) in [5.74, 6) is 0.597. The Bertz CT molecular complexity index is 395. The van der Waals surface area contributed by atoms with Crippen LogP contribution >= 0.6 is 15.9 Å². The molecule has 0 aromatic heterocycles. The summed E-state index contributed by atoms with van der Waals surface area (Å²) >= 11 is 3.39. The molecule has 1 unspecified atom stereocenters. The van der Waals surface area contributed by atoms with Crippen LogP contribution in [0.5, 0.6) is 0 Å². The van der Waals surface area contributed by atoms with Gasteiger partial charge in [0.1, 0.15) is 5.82 Å². The average molecular weight is 316 g/mol. The fourth-order valence-corrected chi connectivity index (χ4v) is 2.54. The van der Waals surface area contributed by atoms with Crippen LogP contribution in [0.2, 0.25) is 0 Å². The summed E-state index contributed by atoms with van der Waals surface area (Å²) in [6.07, 6.45) is 2.65. The van der Waals surface area contributed by atoms with Gasteiger partial charge in [0.05, 0.1) is 6.61 Å². The van der Waals surface area contributed by atoms with E-state index in [1.165, 1.54) is 25.0 Å². The molecule has 1 aromatic carbocycles. The molecule has 1 N–H and O–H groups in total. The zero-order valence-electron chi connectivity index (χ0n) is 10.6. The van der Waals surface area contributed by atoms with Gasteiger partial charge in [-0.15, -0.1) is 0 Å². The van der Waals surface area contributed by atoms with Gasteiger partial charge in [-0.25, -0.2) is 4.39 Å². The van der Waals surface area contributed by atoms with Crippen LogP contribution in [0.25, 0.3) is 0 Å². The highest BCUT2D eigenvalue weighted by molar-refractivity contribution is 9.10. The van der Waals surface area contributed by atoms with E-state index in [0.717, 1.165) is 35.7 Å². The molecule has 2 rings (SSSR count). The summed E-state index contributed by atoms with van der Waals surface area (Å²) in [5.41, 5.74) is 1.07. The lowest BCUT2D eigenvalue weighted by Gasteiger charge is -2.16. The molecule has 0 aliphatic heterocycles. The topological polar surface area (TPSA) is 21.3 Å². The zero-order chi connectivity index (χ0) is 13.0. The second-order valence-electron chi connectivity index (χ2n) is 4.86. The van der Waals surface area contributed by atoms with Crippen LogP contribution in [-0.4, -0.2) is 19.8 Å². The van der Waals surface area contributed by atoms with E-state index >= 15 is 0 Å². The van der Waals surface area contributed by atoms with Crippen molar-refractivity contribution in [2.24, 2.45) is 5.92 Å². The summed E-state index contributed by atoms with van der Waals surface area (Å²) in [6.45, 7) is 4.52. The maximum absolute atomic E-state index is 13.0. The standard InChI is InChI=1S/C14H19BrFNO/c1-10(13-5-4-12(16)8-14(13)15)17-6-7-18-9-11-2-3-11/h4-5,8,10-11,17H,2-3,6-7,9H2,1H3. The van der Waals surface area contributed by atoms with Crippen LogP contribution in [0, 0.1) is 11.7 Å². The van der Waals surface area contributed by atoms with Crippen molar-refractivity contribution >= 4 is 15.9 Å². The SMILES string of the molecule is CC(NCCOCC1CC1)c1ccc(F)cc1Br. The van der Waals surface area contributed by atoms with Crippen molar-refractivity contribution in [3.05, 3.63) is 34.1 Å². The van der Waals surface area contributed by atoms with Crippen LogP contribution in [0.4, 0.5) is 4.39 Å². The third-order valence-corrected chi connectivity index (χ3v) is 3.86. The van der Waals surface area contributed by atoms with Crippen molar-refractivity contribution in [2.75, 3.05) is 19.8 Å². The highest BCUT2D eigenvalue weighted by Gasteiger charge is 2.20. The molecule has 0 radical (unpaired) electrons. The van der Waals surface area contributed by atoms with Crippen molar-refractivity contribution in [2.45, 2.75) is 25.8 Å². The second kappa shape index (κ2) is 6.64. The van der Waals surface area contributed by atoms with Gasteiger partial charge in [0.15, 0.2) is 0 Å². The number of benzene rings is 1. The van der Waals surface area contributed by atoms with Crippen molar-refractivity contribution in [1.82, 2.24) is 5.32 Å². The fourth-order valence-electron chi connectivity index (χ4n) is 1.84. The molecule has 1 fully saturated rings. The largest absolute Gasteiger partial charge is 0.380 e. The zero-order valence-corrected chi connectivity index (χ0v) is 12.2. The molecular weight excluding hydrogens is 297 g/mol. The maximum Gasteiger partial charge on any atom is 0.124 e. The fraction of sp³-hybridized carbons (Fsp3) is 0.571. The lowest BCUT2D eigenvalue weighted by Crippen LogP contribution is -2.24. The minimum atomic E-state index is -0.217. The monoisotopic (exact) mass is 315 g/mol. The van der Waals surface area contributed by atoms with Crippen LogP contribution in [-0.2, 0) is 4.74 Å². The van der Waals surface area contributed by atoms with Crippen molar-refractivity contribution in [3.63, 3.8) is 0 Å². The van der Waals surface area contributed by atoms with Gasteiger partial charge in [-0.05, 0) is 43.4 Å². The summed E-state index contributed by atoms with van der Waals surface area (Å²) in [7, 11) is 0. The predicted octanol–water partition coefficient (Wildman–Crippen LogP) is 3.67. The number of nitrogens with one attached hydrogen (secondary N) is 1. The summed E-state index contributed by atoms with van der Waals surface area (Å²) in [4.78, 5) is 0. The molecule has 1 aliphatic carbocycles. The molecule has 1 aromatic rings. The van der Waals surface area contributed by atoms with Crippen LogP contribution in [0.1, 0.15) is 31.4 Å². The van der Waals surface area contributed by atoms with E-state index in [2.05, 4.69) is 28.2 Å². The van der Waals surface area contributed by atoms with Gasteiger partial charge in [0, 0.05) is 23.7 Å². The second-order valence-corrected chi connectivity index (χ2v) is 5.71. The van der Waals surface area contributed by atoms with E-state index in [-0.39, 0.29) is 11.9 Å². The summed E-state index contributed by atoms with van der Waals surface area (Å²) in [5, 5.41) is 3.38. The summed E-state index contributed by atoms with van der Waals surface area (Å²) in [6, 6.07) is 4.98. The first-order valence-corrected chi connectivity index (χ1v) is 7.22. The normalized spacial score (nSPS) is 16.8. The van der Waals surface area contributed by atoms with Gasteiger partial charge in [0.25, 0.3) is 0 Å². The quantitative estimate of drug-likeness (QED) is 0.775. The minimum absolute atomic E-state index is 0.185. The first-order valence-electron chi connectivity index (χ1n) is 6.43. The Morgan fingerprint density at radius 1 is 1.50 bits per heavy atom. The number of hydrogen-bond acceptors (Lipinski definition) is 2. The van der Waals surface area contributed by atoms with Gasteiger partial charge in [-0.1, -0.05) is 22.0 Å². The van der Waals surface area contributed by atoms with E-state index in [9.17, 15) is 4.39 Å². The van der Waals surface area contributed by atoms with E-state index < -0.39 is 0 Å². The molecule has 4 heteroatoms. The Balaban J connectivity index is 1.70. The number of halogens is 2. The average Bonchev–Trinajstić information content (AvgIpc) is 3.12. The van der Waals surface area contributed by atoms with Gasteiger partial charge in [-0.3, -0.25) is 0 Å². The van der Waals surface area contributed by atoms with E-state index in [1.54, 1.807) is 0 Å².